The first kappa shape index (κ1) is 16.7. The molecule has 2 N–H and O–H groups in total. The molecule has 0 aliphatic heterocycles. The van der Waals surface area contributed by atoms with Gasteiger partial charge in [-0.15, -0.1) is 0 Å². The average Bonchev–Trinajstić information content (AvgIpc) is 2.15. The first-order chi connectivity index (χ1) is 6.92. The van der Waals surface area contributed by atoms with E-state index in [0.717, 1.165) is 0 Å². The first-order valence-corrected chi connectivity index (χ1v) is 5.18. The maximum Gasteiger partial charge on any atom is 1.00 e. The van der Waals surface area contributed by atoms with Gasteiger partial charge in [-0.3, -0.25) is 0 Å². The first-order valence-electron chi connectivity index (χ1n) is 4.19. The summed E-state index contributed by atoms with van der Waals surface area (Å²) in [5.74, 6) is 0.501. The molecule has 0 aromatic heterocycles. The van der Waals surface area contributed by atoms with Gasteiger partial charge >= 0.3 is 58.4 Å². The van der Waals surface area contributed by atoms with Gasteiger partial charge in [0.25, 0.3) is 0 Å². The van der Waals surface area contributed by atoms with Crippen LogP contribution in [0.15, 0.2) is 23.1 Å². The Morgan fingerprint density at radius 2 is 2.00 bits per heavy atom. The molecule has 0 atom stereocenters. The zero-order chi connectivity index (χ0) is 11.5. The van der Waals surface area contributed by atoms with Crippen LogP contribution in [0, 0.1) is 0 Å². The summed E-state index contributed by atoms with van der Waals surface area (Å²) in [6, 6.07) is 4.64. The van der Waals surface area contributed by atoms with E-state index in [1.165, 1.54) is 19.2 Å². The van der Waals surface area contributed by atoms with Crippen molar-refractivity contribution in [2.75, 3.05) is 18.5 Å². The summed E-state index contributed by atoms with van der Waals surface area (Å²) in [5.41, 5.74) is 4.98. The van der Waals surface area contributed by atoms with Crippen molar-refractivity contribution in [3.05, 3.63) is 18.2 Å². The molecule has 0 spiro atoms. The molecule has 1 aromatic carbocycles. The quantitative estimate of drug-likeness (QED) is 0.468. The SMILES string of the molecule is COc1ccc(N)c(SC[B-](F)(F)F)c1.[K+]. The maximum absolute atomic E-state index is 12.0. The third-order valence-electron chi connectivity index (χ3n) is 1.65. The van der Waals surface area contributed by atoms with Crippen molar-refractivity contribution in [3.63, 3.8) is 0 Å². The van der Waals surface area contributed by atoms with Crippen LogP contribution >= 0.6 is 11.8 Å². The number of thioether (sulfide) groups is 1. The molecule has 2 nitrogen and oxygen atoms in total. The second kappa shape index (κ2) is 7.17. The second-order valence-electron chi connectivity index (χ2n) is 2.93. The summed E-state index contributed by atoms with van der Waals surface area (Å²) in [5, 5.41) is 0. The Hall–Kier alpha value is 0.661. The van der Waals surface area contributed by atoms with Crippen molar-refractivity contribution < 1.29 is 69.1 Å². The number of nitrogen functional groups attached to an aromatic ring is 1. The van der Waals surface area contributed by atoms with Gasteiger partial charge in [-0.2, -0.15) is 11.8 Å². The summed E-state index contributed by atoms with van der Waals surface area (Å²) in [6.07, 6.45) is 0. The van der Waals surface area contributed by atoms with E-state index in [2.05, 4.69) is 0 Å². The number of nitrogens with two attached hydrogens (primary N) is 1. The van der Waals surface area contributed by atoms with Crippen molar-refractivity contribution >= 4 is 24.4 Å². The number of ether oxygens (including phenoxy) is 1. The summed E-state index contributed by atoms with van der Waals surface area (Å²) in [7, 11) is 1.45. The van der Waals surface area contributed by atoms with E-state index >= 15 is 0 Å². The van der Waals surface area contributed by atoms with E-state index in [9.17, 15) is 12.9 Å². The predicted molar refractivity (Wildman–Crippen MR) is 57.2 cm³/mol. The number of anilines is 1. The van der Waals surface area contributed by atoms with E-state index in [1.54, 1.807) is 6.07 Å². The van der Waals surface area contributed by atoms with Crippen molar-refractivity contribution in [2.24, 2.45) is 0 Å². The van der Waals surface area contributed by atoms with Gasteiger partial charge in [0.15, 0.2) is 0 Å². The Balaban J connectivity index is 0.00000225. The minimum absolute atomic E-state index is 0. The summed E-state index contributed by atoms with van der Waals surface area (Å²) in [6.45, 7) is -4.79. The van der Waals surface area contributed by atoms with E-state index in [1.807, 2.05) is 0 Å². The monoisotopic (exact) mass is 275 g/mol. The molecule has 0 aliphatic carbocycles. The molecule has 0 saturated carbocycles. The number of hydrogen-bond donors (Lipinski definition) is 1. The van der Waals surface area contributed by atoms with Crippen LogP contribution in [0.1, 0.15) is 0 Å². The molecule has 0 aliphatic rings. The van der Waals surface area contributed by atoms with Crippen LogP contribution in [0.25, 0.3) is 0 Å². The van der Waals surface area contributed by atoms with Gasteiger partial charge in [0.1, 0.15) is 5.75 Å². The number of halogens is 3. The van der Waals surface area contributed by atoms with Crippen LogP contribution in [0.2, 0.25) is 0 Å². The Labute approximate surface area is 139 Å². The molecule has 1 rings (SSSR count). The van der Waals surface area contributed by atoms with Crippen molar-refractivity contribution in [1.82, 2.24) is 0 Å². The molecule has 84 valence electrons. The Morgan fingerprint density at radius 1 is 1.38 bits per heavy atom. The summed E-state index contributed by atoms with van der Waals surface area (Å²) >= 11 is 0.681. The minimum Gasteiger partial charge on any atom is -0.497 e. The number of methoxy groups -OCH3 is 1. The molecule has 0 heterocycles. The van der Waals surface area contributed by atoms with E-state index in [0.29, 0.717) is 28.1 Å². The average molecular weight is 275 g/mol. The van der Waals surface area contributed by atoms with Gasteiger partial charge < -0.3 is 23.4 Å². The van der Waals surface area contributed by atoms with Crippen LogP contribution in [0.4, 0.5) is 18.6 Å². The van der Waals surface area contributed by atoms with Gasteiger partial charge in [-0.1, -0.05) is 0 Å². The van der Waals surface area contributed by atoms with E-state index in [4.69, 9.17) is 10.5 Å². The molecule has 0 radical (unpaired) electrons. The second-order valence-corrected chi connectivity index (χ2v) is 3.99. The molecule has 0 saturated heterocycles. The van der Waals surface area contributed by atoms with Crippen LogP contribution in [0.3, 0.4) is 0 Å². The van der Waals surface area contributed by atoms with Gasteiger partial charge in [-0.05, 0) is 23.9 Å². The molecule has 0 unspecified atom stereocenters. The number of benzene rings is 1. The van der Waals surface area contributed by atoms with Crippen LogP contribution in [-0.2, 0) is 0 Å². The molecule has 8 heteroatoms. The minimum atomic E-state index is -4.79. The van der Waals surface area contributed by atoms with E-state index < -0.39 is 12.6 Å². The van der Waals surface area contributed by atoms with Crippen molar-refractivity contribution in [2.45, 2.75) is 4.90 Å². The fourth-order valence-electron chi connectivity index (χ4n) is 0.951. The molecule has 0 amide bonds. The van der Waals surface area contributed by atoms with Crippen LogP contribution in [-0.4, -0.2) is 19.7 Å². The van der Waals surface area contributed by atoms with Crippen LogP contribution < -0.4 is 61.9 Å². The van der Waals surface area contributed by atoms with Gasteiger partial charge in [0.2, 0.25) is 0 Å². The molecule has 16 heavy (non-hydrogen) atoms. The van der Waals surface area contributed by atoms with Crippen LogP contribution in [0.5, 0.6) is 5.75 Å². The Bertz CT molecular complexity index is 351. The zero-order valence-electron chi connectivity index (χ0n) is 9.04. The smallest absolute Gasteiger partial charge is 0.497 e. The number of rotatable bonds is 4. The fourth-order valence-corrected chi connectivity index (χ4v) is 1.75. The molecule has 0 bridgehead atoms. The fraction of sp³-hybridized carbons (Fsp3) is 0.250. The molecule has 0 fully saturated rings. The molecule has 1 aromatic rings. The summed E-state index contributed by atoms with van der Waals surface area (Å²) < 4.78 is 41.0. The normalized spacial score (nSPS) is 10.8. The van der Waals surface area contributed by atoms with Crippen molar-refractivity contribution in [1.29, 1.82) is 0 Å². The van der Waals surface area contributed by atoms with E-state index in [-0.39, 0.29) is 51.4 Å². The predicted octanol–water partition coefficient (Wildman–Crippen LogP) is -0.240. The topological polar surface area (TPSA) is 35.2 Å². The van der Waals surface area contributed by atoms with Gasteiger partial charge in [0, 0.05) is 10.6 Å². The zero-order valence-corrected chi connectivity index (χ0v) is 13.0. The van der Waals surface area contributed by atoms with Gasteiger partial charge in [-0.25, -0.2) is 0 Å². The summed E-state index contributed by atoms with van der Waals surface area (Å²) in [4.78, 5) is 0.397. The third-order valence-corrected chi connectivity index (χ3v) is 2.86. The maximum atomic E-state index is 12.0. The Kier molecular flexibility index (Phi) is 7.47. The largest absolute Gasteiger partial charge is 1.00 e. The Morgan fingerprint density at radius 3 is 2.50 bits per heavy atom. The molecular weight excluding hydrogens is 265 g/mol. The third kappa shape index (κ3) is 5.83. The number of hydrogen-bond acceptors (Lipinski definition) is 3. The molecular formula is C8H10BF3KNOS. The van der Waals surface area contributed by atoms with Crippen molar-refractivity contribution in [3.8, 4) is 5.75 Å². The standard InChI is InChI=1S/C8H10BF3NOS.K/c1-14-6-2-3-7(13)8(4-6)15-5-9(10,11)12;/h2-4H,5,13H2,1H3;/q-1;+1. The van der Waals surface area contributed by atoms with Gasteiger partial charge in [0.05, 0.1) is 7.11 Å².